The van der Waals surface area contributed by atoms with Crippen LogP contribution in [0.1, 0.15) is 0 Å². The smallest absolute Gasteiger partial charge is 0.00261 e. The van der Waals surface area contributed by atoms with Gasteiger partial charge in [-0.3, -0.25) is 0 Å². The maximum atomic E-state index is 2.43. The topological polar surface area (TPSA) is 0 Å². The van der Waals surface area contributed by atoms with E-state index < -0.39 is 0 Å². The molecule has 0 spiro atoms. The summed E-state index contributed by atoms with van der Waals surface area (Å²) in [7, 11) is 0. The van der Waals surface area contributed by atoms with Gasteiger partial charge in [-0.2, -0.15) is 0 Å². The Balaban J connectivity index is 1.35. The van der Waals surface area contributed by atoms with Gasteiger partial charge in [0.25, 0.3) is 0 Å². The van der Waals surface area contributed by atoms with Crippen LogP contribution in [0, 0.1) is 0 Å². The zero-order valence-electron chi connectivity index (χ0n) is 26.5. The van der Waals surface area contributed by atoms with Crippen molar-refractivity contribution in [1.82, 2.24) is 0 Å². The summed E-state index contributed by atoms with van der Waals surface area (Å²) in [6.07, 6.45) is 0. The third-order valence-corrected chi connectivity index (χ3v) is 9.65. The van der Waals surface area contributed by atoms with Gasteiger partial charge in [0.15, 0.2) is 0 Å². The Kier molecular flexibility index (Phi) is 6.91. The summed E-state index contributed by atoms with van der Waals surface area (Å²) in [5, 5.41) is 7.55. The van der Waals surface area contributed by atoms with Crippen molar-refractivity contribution < 1.29 is 0 Å². The molecular formula is C48H32. The zero-order valence-corrected chi connectivity index (χ0v) is 26.5. The number of benzene rings is 9. The van der Waals surface area contributed by atoms with Crippen molar-refractivity contribution in [3.05, 3.63) is 194 Å². The molecule has 0 saturated carbocycles. The van der Waals surface area contributed by atoms with Gasteiger partial charge >= 0.3 is 0 Å². The molecule has 224 valence electrons. The van der Waals surface area contributed by atoms with E-state index in [0.717, 1.165) is 0 Å². The lowest BCUT2D eigenvalue weighted by Gasteiger charge is -2.19. The van der Waals surface area contributed by atoms with E-state index in [2.05, 4.69) is 194 Å². The third-order valence-electron chi connectivity index (χ3n) is 9.65. The number of hydrogen-bond acceptors (Lipinski definition) is 0. The number of fused-ring (bicyclic) bond motifs is 3. The summed E-state index contributed by atoms with van der Waals surface area (Å²) in [6.45, 7) is 0. The molecule has 9 aromatic rings. The summed E-state index contributed by atoms with van der Waals surface area (Å²) in [5.41, 5.74) is 12.4. The van der Waals surface area contributed by atoms with Gasteiger partial charge in [-0.15, -0.1) is 0 Å². The molecule has 48 heavy (non-hydrogen) atoms. The Labute approximate surface area is 281 Å². The Morgan fingerprint density at radius 1 is 0.208 bits per heavy atom. The molecule has 0 heterocycles. The van der Waals surface area contributed by atoms with Crippen molar-refractivity contribution in [2.24, 2.45) is 0 Å². The molecule has 0 atom stereocenters. The maximum Gasteiger partial charge on any atom is -0.00261 e. The van der Waals surface area contributed by atoms with Crippen LogP contribution in [-0.2, 0) is 0 Å². The molecular weight excluding hydrogens is 577 g/mol. The zero-order chi connectivity index (χ0) is 31.9. The highest BCUT2D eigenvalue weighted by Crippen LogP contribution is 2.46. The molecule has 0 heteroatoms. The second-order valence-corrected chi connectivity index (χ2v) is 12.4. The van der Waals surface area contributed by atoms with E-state index >= 15 is 0 Å². The lowest BCUT2D eigenvalue weighted by atomic mass is 9.84. The van der Waals surface area contributed by atoms with E-state index in [4.69, 9.17) is 0 Å². The fourth-order valence-electron chi connectivity index (χ4n) is 7.48. The average Bonchev–Trinajstić information content (AvgIpc) is 3.17. The molecule has 0 aliphatic carbocycles. The molecule has 9 aromatic carbocycles. The van der Waals surface area contributed by atoms with E-state index in [9.17, 15) is 0 Å². The van der Waals surface area contributed by atoms with Gasteiger partial charge < -0.3 is 0 Å². The highest BCUT2D eigenvalue weighted by atomic mass is 14.2. The van der Waals surface area contributed by atoms with E-state index in [0.29, 0.717) is 0 Å². The minimum atomic E-state index is 1.21. The van der Waals surface area contributed by atoms with E-state index in [-0.39, 0.29) is 0 Å². The second-order valence-electron chi connectivity index (χ2n) is 12.4. The first-order chi connectivity index (χ1) is 23.8. The van der Waals surface area contributed by atoms with Crippen molar-refractivity contribution in [1.29, 1.82) is 0 Å². The first-order valence-corrected chi connectivity index (χ1v) is 16.6. The summed E-state index contributed by atoms with van der Waals surface area (Å²) >= 11 is 0. The Bertz CT molecular complexity index is 2520. The van der Waals surface area contributed by atoms with Gasteiger partial charge in [0.05, 0.1) is 0 Å². The molecule has 0 N–H and O–H groups in total. The molecule has 0 bridgehead atoms. The molecule has 0 unspecified atom stereocenters. The molecule has 9 rings (SSSR count). The molecule has 0 saturated heterocycles. The summed E-state index contributed by atoms with van der Waals surface area (Å²) in [5.74, 6) is 0. The lowest BCUT2D eigenvalue weighted by Crippen LogP contribution is -1.92. The first-order valence-electron chi connectivity index (χ1n) is 16.6. The predicted octanol–water partition coefficient (Wildman–Crippen LogP) is 13.5. The Morgan fingerprint density at radius 2 is 0.646 bits per heavy atom. The van der Waals surface area contributed by atoms with Crippen LogP contribution in [0.25, 0.3) is 88.0 Å². The fraction of sp³-hybridized carbons (Fsp3) is 0. The summed E-state index contributed by atoms with van der Waals surface area (Å²) in [6, 6.07) is 70.7. The number of rotatable bonds is 5. The van der Waals surface area contributed by atoms with Crippen LogP contribution >= 0.6 is 0 Å². The van der Waals surface area contributed by atoms with Gasteiger partial charge in [-0.25, -0.2) is 0 Å². The van der Waals surface area contributed by atoms with Crippen molar-refractivity contribution >= 4 is 32.3 Å². The third kappa shape index (κ3) is 4.78. The Morgan fingerprint density at radius 3 is 1.25 bits per heavy atom. The normalized spacial score (nSPS) is 11.3. The van der Waals surface area contributed by atoms with Gasteiger partial charge in [-0.1, -0.05) is 182 Å². The first kappa shape index (κ1) is 28.0. The minimum absolute atomic E-state index is 1.21. The molecule has 0 aromatic heterocycles. The second kappa shape index (κ2) is 11.8. The summed E-state index contributed by atoms with van der Waals surface area (Å²) < 4.78 is 0. The van der Waals surface area contributed by atoms with Crippen LogP contribution in [0.5, 0.6) is 0 Å². The average molecular weight is 609 g/mol. The fourth-order valence-corrected chi connectivity index (χ4v) is 7.48. The van der Waals surface area contributed by atoms with Crippen LogP contribution in [-0.4, -0.2) is 0 Å². The number of hydrogen-bond donors (Lipinski definition) is 0. The molecule has 0 nitrogen and oxygen atoms in total. The van der Waals surface area contributed by atoms with Crippen LogP contribution < -0.4 is 0 Å². The van der Waals surface area contributed by atoms with Crippen molar-refractivity contribution in [2.45, 2.75) is 0 Å². The van der Waals surface area contributed by atoms with E-state index in [1.54, 1.807) is 0 Å². The highest BCUT2D eigenvalue weighted by molar-refractivity contribution is 6.22. The lowest BCUT2D eigenvalue weighted by molar-refractivity contribution is 1.59. The quantitative estimate of drug-likeness (QED) is 0.171. The van der Waals surface area contributed by atoms with Crippen molar-refractivity contribution in [3.63, 3.8) is 0 Å². The molecule has 0 radical (unpaired) electrons. The highest BCUT2D eigenvalue weighted by Gasteiger charge is 2.18. The van der Waals surface area contributed by atoms with Crippen LogP contribution in [0.3, 0.4) is 0 Å². The Hall–Kier alpha value is -6.24. The molecule has 0 amide bonds. The molecule has 0 aliphatic rings. The van der Waals surface area contributed by atoms with Gasteiger partial charge in [-0.05, 0) is 100 Å². The standard InChI is InChI=1S/C48H32/c1-4-15-33(16-5-1)37-21-14-22-38(31-37)47-40(34-17-6-2-7-18-34)30-29-35-27-28-39(32-45(35)47)48-43-25-12-10-23-41(43)46(36-19-8-3-9-20-36)42-24-11-13-26-44(42)48/h1-32H. The van der Waals surface area contributed by atoms with Crippen molar-refractivity contribution in [2.75, 3.05) is 0 Å². The van der Waals surface area contributed by atoms with E-state index in [1.165, 1.54) is 88.0 Å². The summed E-state index contributed by atoms with van der Waals surface area (Å²) in [4.78, 5) is 0. The largest absolute Gasteiger partial charge is 0.0622 e. The maximum absolute atomic E-state index is 2.43. The SMILES string of the molecule is c1ccc(-c2cccc(-c3c(-c4ccccc4)ccc4ccc(-c5c6ccccc6c(-c6ccccc6)c6ccccc56)cc34)c2)cc1. The van der Waals surface area contributed by atoms with Gasteiger partial charge in [0, 0.05) is 0 Å². The van der Waals surface area contributed by atoms with E-state index in [1.807, 2.05) is 0 Å². The van der Waals surface area contributed by atoms with Crippen LogP contribution in [0.15, 0.2) is 194 Å². The van der Waals surface area contributed by atoms with Crippen molar-refractivity contribution in [3.8, 4) is 55.6 Å². The molecule has 0 fully saturated rings. The van der Waals surface area contributed by atoms with Crippen LogP contribution in [0.2, 0.25) is 0 Å². The van der Waals surface area contributed by atoms with Gasteiger partial charge in [0.2, 0.25) is 0 Å². The predicted molar refractivity (Wildman–Crippen MR) is 206 cm³/mol. The molecule has 0 aliphatic heterocycles. The minimum Gasteiger partial charge on any atom is -0.0622 e. The van der Waals surface area contributed by atoms with Crippen LogP contribution in [0.4, 0.5) is 0 Å². The van der Waals surface area contributed by atoms with Gasteiger partial charge in [0.1, 0.15) is 0 Å². The monoisotopic (exact) mass is 608 g/mol.